The van der Waals surface area contributed by atoms with Gasteiger partial charge in [0.15, 0.2) is 6.61 Å². The van der Waals surface area contributed by atoms with Gasteiger partial charge in [-0.1, -0.05) is 16.8 Å². The van der Waals surface area contributed by atoms with Crippen LogP contribution >= 0.6 is 11.6 Å². The first kappa shape index (κ1) is 16.3. The molecular formula is C15H15ClN4O4. The fraction of sp³-hybridized carbons (Fsp3) is 0.333. The molecule has 9 heteroatoms. The largest absolute Gasteiger partial charge is 0.482 e. The van der Waals surface area contributed by atoms with Crippen LogP contribution in [0.2, 0.25) is 5.02 Å². The third-order valence-corrected chi connectivity index (χ3v) is 3.60. The highest BCUT2D eigenvalue weighted by Gasteiger charge is 2.26. The van der Waals surface area contributed by atoms with Crippen molar-refractivity contribution in [1.82, 2.24) is 15.0 Å². The van der Waals surface area contributed by atoms with Crippen molar-refractivity contribution in [3.8, 4) is 5.75 Å². The lowest BCUT2D eigenvalue weighted by molar-refractivity contribution is -0.144. The molecule has 0 atom stereocenters. The maximum Gasteiger partial charge on any atom is 0.327 e. The Morgan fingerprint density at radius 1 is 1.46 bits per heavy atom. The number of rotatable bonds is 5. The van der Waals surface area contributed by atoms with Gasteiger partial charge in [-0.25, -0.2) is 4.68 Å². The van der Waals surface area contributed by atoms with Crippen LogP contribution in [-0.4, -0.2) is 40.1 Å². The van der Waals surface area contributed by atoms with Gasteiger partial charge in [-0.15, -0.1) is 5.10 Å². The van der Waals surface area contributed by atoms with Crippen LogP contribution < -0.4 is 9.64 Å². The first-order valence-electron chi connectivity index (χ1n) is 7.34. The number of hydrogen-bond donors (Lipinski definition) is 0. The lowest BCUT2D eigenvalue weighted by atomic mass is 10.2. The molecule has 126 valence electrons. The number of anilines is 1. The molecule has 2 aromatic rings. The number of fused-ring (bicyclic) bond motifs is 1. The second-order valence-electron chi connectivity index (χ2n) is 5.09. The monoisotopic (exact) mass is 350 g/mol. The molecule has 1 amide bonds. The van der Waals surface area contributed by atoms with Gasteiger partial charge in [-0.3, -0.25) is 14.5 Å². The number of esters is 1. The zero-order chi connectivity index (χ0) is 17.1. The van der Waals surface area contributed by atoms with E-state index in [0.717, 1.165) is 0 Å². The van der Waals surface area contributed by atoms with Gasteiger partial charge in [-0.05, 0) is 25.1 Å². The fourth-order valence-corrected chi connectivity index (χ4v) is 2.50. The van der Waals surface area contributed by atoms with Crippen molar-refractivity contribution in [3.05, 3.63) is 35.1 Å². The number of aromatic nitrogens is 3. The second-order valence-corrected chi connectivity index (χ2v) is 5.53. The topological polar surface area (TPSA) is 86.5 Å². The quantitative estimate of drug-likeness (QED) is 0.758. The number of carbonyl (C=O) groups is 2. The van der Waals surface area contributed by atoms with Crippen LogP contribution in [0.1, 0.15) is 12.6 Å². The number of hydrogen-bond acceptors (Lipinski definition) is 6. The maximum absolute atomic E-state index is 12.2. The third-order valence-electron chi connectivity index (χ3n) is 3.37. The number of benzene rings is 1. The van der Waals surface area contributed by atoms with Crippen molar-refractivity contribution in [1.29, 1.82) is 0 Å². The Morgan fingerprint density at radius 2 is 2.29 bits per heavy atom. The molecular weight excluding hydrogens is 336 g/mol. The van der Waals surface area contributed by atoms with Crippen molar-refractivity contribution in [2.24, 2.45) is 0 Å². The Labute approximate surface area is 142 Å². The smallest absolute Gasteiger partial charge is 0.327 e. The molecule has 2 heterocycles. The number of halogens is 1. The van der Waals surface area contributed by atoms with Gasteiger partial charge in [0.05, 0.1) is 25.0 Å². The Kier molecular flexibility index (Phi) is 4.66. The van der Waals surface area contributed by atoms with Crippen LogP contribution in [0.5, 0.6) is 5.75 Å². The summed E-state index contributed by atoms with van der Waals surface area (Å²) in [6.07, 6.45) is 1.60. The molecule has 0 unspecified atom stereocenters. The van der Waals surface area contributed by atoms with Crippen LogP contribution in [0.15, 0.2) is 24.4 Å². The molecule has 1 aliphatic rings. The summed E-state index contributed by atoms with van der Waals surface area (Å²) < 4.78 is 11.6. The molecule has 24 heavy (non-hydrogen) atoms. The van der Waals surface area contributed by atoms with E-state index >= 15 is 0 Å². The minimum absolute atomic E-state index is 0.0275. The lowest BCUT2D eigenvalue weighted by Gasteiger charge is -2.28. The van der Waals surface area contributed by atoms with E-state index in [1.165, 1.54) is 9.58 Å². The molecule has 0 bridgehead atoms. The molecule has 0 N–H and O–H groups in total. The van der Waals surface area contributed by atoms with Crippen molar-refractivity contribution < 1.29 is 19.1 Å². The minimum atomic E-state index is -0.395. The minimum Gasteiger partial charge on any atom is -0.482 e. The molecule has 0 aliphatic carbocycles. The highest BCUT2D eigenvalue weighted by Crippen LogP contribution is 2.35. The number of ether oxygens (including phenoxy) is 2. The van der Waals surface area contributed by atoms with E-state index in [2.05, 4.69) is 10.3 Å². The summed E-state index contributed by atoms with van der Waals surface area (Å²) in [4.78, 5) is 25.2. The SMILES string of the molecule is CCOC(=O)Cn1cc(CN2C(=O)COc3ccc(Cl)cc32)nn1. The lowest BCUT2D eigenvalue weighted by Crippen LogP contribution is -2.38. The van der Waals surface area contributed by atoms with E-state index in [-0.39, 0.29) is 25.6 Å². The predicted octanol–water partition coefficient (Wildman–Crippen LogP) is 1.42. The average Bonchev–Trinajstić information content (AvgIpc) is 2.97. The first-order chi connectivity index (χ1) is 11.6. The average molecular weight is 351 g/mol. The van der Waals surface area contributed by atoms with Crippen LogP contribution in [0, 0.1) is 0 Å². The maximum atomic E-state index is 12.2. The predicted molar refractivity (Wildman–Crippen MR) is 84.8 cm³/mol. The normalized spacial score (nSPS) is 13.4. The second kappa shape index (κ2) is 6.88. The first-order valence-corrected chi connectivity index (χ1v) is 7.72. The number of amides is 1. The Morgan fingerprint density at radius 3 is 3.08 bits per heavy atom. The Bertz CT molecular complexity index is 777. The van der Waals surface area contributed by atoms with E-state index in [1.54, 1.807) is 31.3 Å². The van der Waals surface area contributed by atoms with Crippen molar-refractivity contribution in [2.45, 2.75) is 20.0 Å². The molecule has 3 rings (SSSR count). The molecule has 0 saturated heterocycles. The standard InChI is InChI=1S/C15H15ClN4O4/c1-2-23-15(22)8-19-6-11(17-18-19)7-20-12-5-10(16)3-4-13(12)24-9-14(20)21/h3-6H,2,7-9H2,1H3. The van der Waals surface area contributed by atoms with Gasteiger partial charge in [0, 0.05) is 5.02 Å². The Hall–Kier alpha value is -2.61. The van der Waals surface area contributed by atoms with Crippen LogP contribution in [0.4, 0.5) is 5.69 Å². The van der Waals surface area contributed by atoms with E-state index in [1.807, 2.05) is 0 Å². The van der Waals surface area contributed by atoms with E-state index in [0.29, 0.717) is 28.8 Å². The van der Waals surface area contributed by atoms with Crippen LogP contribution in [0.3, 0.4) is 0 Å². The summed E-state index contributed by atoms with van der Waals surface area (Å²) in [7, 11) is 0. The van der Waals surface area contributed by atoms with Crippen LogP contribution in [-0.2, 0) is 27.4 Å². The molecule has 1 aliphatic heterocycles. The summed E-state index contributed by atoms with van der Waals surface area (Å²) in [6, 6.07) is 5.08. The molecule has 1 aromatic carbocycles. The highest BCUT2D eigenvalue weighted by molar-refractivity contribution is 6.31. The molecule has 0 saturated carbocycles. The molecule has 1 aromatic heterocycles. The van der Waals surface area contributed by atoms with Crippen molar-refractivity contribution >= 4 is 29.2 Å². The summed E-state index contributed by atoms with van der Waals surface area (Å²) in [5.74, 6) is -0.0175. The van der Waals surface area contributed by atoms with Crippen molar-refractivity contribution in [3.63, 3.8) is 0 Å². The third kappa shape index (κ3) is 3.48. The molecule has 8 nitrogen and oxygen atoms in total. The zero-order valence-corrected chi connectivity index (χ0v) is 13.7. The van der Waals surface area contributed by atoms with Gasteiger partial charge in [-0.2, -0.15) is 0 Å². The molecule has 0 fully saturated rings. The number of nitrogens with zero attached hydrogens (tertiary/aromatic N) is 4. The van der Waals surface area contributed by atoms with Gasteiger partial charge in [0.25, 0.3) is 5.91 Å². The van der Waals surface area contributed by atoms with Crippen LogP contribution in [0.25, 0.3) is 0 Å². The summed E-state index contributed by atoms with van der Waals surface area (Å²) in [5.41, 5.74) is 1.12. The fourth-order valence-electron chi connectivity index (χ4n) is 2.34. The molecule has 0 spiro atoms. The van der Waals surface area contributed by atoms with Gasteiger partial charge >= 0.3 is 5.97 Å². The Balaban J connectivity index is 1.77. The van der Waals surface area contributed by atoms with Gasteiger partial charge in [0.1, 0.15) is 18.0 Å². The zero-order valence-electron chi connectivity index (χ0n) is 12.9. The van der Waals surface area contributed by atoms with Gasteiger partial charge in [0.2, 0.25) is 0 Å². The summed E-state index contributed by atoms with van der Waals surface area (Å²) >= 11 is 6.01. The number of carbonyl (C=O) groups excluding carboxylic acids is 2. The molecule has 0 radical (unpaired) electrons. The highest BCUT2D eigenvalue weighted by atomic mass is 35.5. The summed E-state index contributed by atoms with van der Waals surface area (Å²) in [6.45, 7) is 2.17. The summed E-state index contributed by atoms with van der Waals surface area (Å²) in [5, 5.41) is 8.37. The van der Waals surface area contributed by atoms with E-state index in [4.69, 9.17) is 21.1 Å². The van der Waals surface area contributed by atoms with Crippen molar-refractivity contribution in [2.75, 3.05) is 18.1 Å². The van der Waals surface area contributed by atoms with E-state index < -0.39 is 5.97 Å². The van der Waals surface area contributed by atoms with Gasteiger partial charge < -0.3 is 9.47 Å². The van der Waals surface area contributed by atoms with E-state index in [9.17, 15) is 9.59 Å².